The normalized spacial score (nSPS) is 26.8. The van der Waals surface area contributed by atoms with E-state index in [-0.39, 0.29) is 10.8 Å². The number of hydrogen-bond acceptors (Lipinski definition) is 3. The molecule has 0 saturated heterocycles. The highest BCUT2D eigenvalue weighted by Crippen LogP contribution is 2.40. The number of hydrogen-bond donors (Lipinski definition) is 1. The molecule has 4 nitrogen and oxygen atoms in total. The lowest BCUT2D eigenvalue weighted by Gasteiger charge is -2.40. The van der Waals surface area contributed by atoms with Crippen molar-refractivity contribution in [2.24, 2.45) is 0 Å². The van der Waals surface area contributed by atoms with Crippen LogP contribution in [0, 0.1) is 0 Å². The van der Waals surface area contributed by atoms with Crippen molar-refractivity contribution in [1.29, 1.82) is 0 Å². The van der Waals surface area contributed by atoms with Crippen LogP contribution in [0.15, 0.2) is 24.3 Å². The van der Waals surface area contributed by atoms with E-state index in [1.165, 1.54) is 0 Å². The van der Waals surface area contributed by atoms with Crippen molar-refractivity contribution >= 4 is 11.0 Å². The summed E-state index contributed by atoms with van der Waals surface area (Å²) < 4.78 is 26.8. The molecule has 5 heteroatoms. The quantitative estimate of drug-likeness (QED) is 0.930. The predicted molar refractivity (Wildman–Crippen MR) is 85.7 cm³/mol. The number of fused-ring (bicyclic) bond motifs is 1. The maximum Gasteiger partial charge on any atom is 0.131 e. The summed E-state index contributed by atoms with van der Waals surface area (Å²) in [4.78, 5) is 0. The molecule has 0 spiro atoms. The Morgan fingerprint density at radius 2 is 2.10 bits per heavy atom. The van der Waals surface area contributed by atoms with Crippen molar-refractivity contribution in [1.82, 2.24) is 4.72 Å². The van der Waals surface area contributed by atoms with Gasteiger partial charge in [0.15, 0.2) is 0 Å². The lowest BCUT2D eigenvalue weighted by Crippen LogP contribution is -2.47. The van der Waals surface area contributed by atoms with E-state index in [9.17, 15) is 4.21 Å². The van der Waals surface area contributed by atoms with Gasteiger partial charge in [0.2, 0.25) is 0 Å². The van der Waals surface area contributed by atoms with Gasteiger partial charge in [0.05, 0.1) is 28.4 Å². The van der Waals surface area contributed by atoms with Crippen molar-refractivity contribution < 1.29 is 13.7 Å². The van der Waals surface area contributed by atoms with Gasteiger partial charge in [-0.1, -0.05) is 18.2 Å². The molecule has 0 aliphatic carbocycles. The number of methoxy groups -OCH3 is 1. The zero-order chi connectivity index (χ0) is 15.7. The summed E-state index contributed by atoms with van der Waals surface area (Å²) in [5.41, 5.74) is 0.645. The zero-order valence-corrected chi connectivity index (χ0v) is 14.3. The molecule has 1 aliphatic heterocycles. The fourth-order valence-electron chi connectivity index (χ4n) is 2.52. The number of ether oxygens (including phenoxy) is 2. The molecule has 0 amide bonds. The van der Waals surface area contributed by atoms with Gasteiger partial charge in [-0.3, -0.25) is 0 Å². The van der Waals surface area contributed by atoms with Crippen LogP contribution >= 0.6 is 0 Å². The van der Waals surface area contributed by atoms with Gasteiger partial charge in [0.1, 0.15) is 11.4 Å². The lowest BCUT2D eigenvalue weighted by molar-refractivity contribution is -0.0186. The Balaban J connectivity index is 2.29. The van der Waals surface area contributed by atoms with Crippen molar-refractivity contribution in [2.75, 3.05) is 13.7 Å². The second-order valence-corrected chi connectivity index (χ2v) is 8.78. The van der Waals surface area contributed by atoms with E-state index in [4.69, 9.17) is 9.47 Å². The Morgan fingerprint density at radius 3 is 2.71 bits per heavy atom. The first-order valence-electron chi connectivity index (χ1n) is 7.20. The molecule has 1 aliphatic rings. The summed E-state index contributed by atoms with van der Waals surface area (Å²) >= 11 is 0. The maximum atomic E-state index is 12.4. The molecule has 1 aromatic carbocycles. The van der Waals surface area contributed by atoms with Gasteiger partial charge in [0, 0.05) is 19.1 Å². The second kappa shape index (κ2) is 6.07. The Bertz CT molecular complexity index is 526. The number of nitrogens with one attached hydrogen (secondary N) is 1. The predicted octanol–water partition coefficient (Wildman–Crippen LogP) is 2.97. The Hall–Kier alpha value is -0.910. The molecule has 3 atom stereocenters. The molecule has 21 heavy (non-hydrogen) atoms. The Labute approximate surface area is 129 Å². The van der Waals surface area contributed by atoms with Gasteiger partial charge >= 0.3 is 0 Å². The summed E-state index contributed by atoms with van der Waals surface area (Å²) in [6.45, 7) is 8.43. The van der Waals surface area contributed by atoms with Gasteiger partial charge in [0.25, 0.3) is 0 Å². The lowest BCUT2D eigenvalue weighted by atomic mass is 9.89. The smallest absolute Gasteiger partial charge is 0.131 e. The third kappa shape index (κ3) is 3.84. The summed E-state index contributed by atoms with van der Waals surface area (Å²) in [5, 5.41) is 0. The first kappa shape index (κ1) is 16.5. The molecule has 1 heterocycles. The van der Waals surface area contributed by atoms with Crippen molar-refractivity contribution in [3.05, 3.63) is 29.8 Å². The minimum absolute atomic E-state index is 0.00448. The van der Waals surface area contributed by atoms with Gasteiger partial charge in [-0.2, -0.15) is 0 Å². The third-order valence-electron chi connectivity index (χ3n) is 3.54. The Morgan fingerprint density at radius 1 is 1.43 bits per heavy atom. The second-order valence-electron chi connectivity index (χ2n) is 6.78. The van der Waals surface area contributed by atoms with Crippen LogP contribution in [-0.2, 0) is 15.7 Å². The molecular weight excluding hydrogens is 286 g/mol. The molecule has 0 fully saturated rings. The summed E-state index contributed by atoms with van der Waals surface area (Å²) in [6, 6.07) is 7.91. The fraction of sp³-hybridized carbons (Fsp3) is 0.625. The van der Waals surface area contributed by atoms with E-state index in [0.717, 1.165) is 17.7 Å². The van der Waals surface area contributed by atoms with Crippen LogP contribution in [0.2, 0.25) is 0 Å². The van der Waals surface area contributed by atoms with Crippen molar-refractivity contribution in [3.8, 4) is 5.75 Å². The standard InChI is InChI=1S/C16H25NO3S/c1-15(2,3)21(18)17-13-10-16(4,11-19-5)20-14-9-7-6-8-12(13)14/h6-9,13,17H,10-11H2,1-5H3/t13-,16?,21?/m1/s1. The monoisotopic (exact) mass is 311 g/mol. The van der Waals surface area contributed by atoms with E-state index in [2.05, 4.69) is 4.72 Å². The number of rotatable bonds is 4. The van der Waals surface area contributed by atoms with Crippen LogP contribution in [0.1, 0.15) is 45.7 Å². The molecule has 2 rings (SSSR count). The van der Waals surface area contributed by atoms with Gasteiger partial charge in [-0.25, -0.2) is 8.93 Å². The van der Waals surface area contributed by atoms with E-state index < -0.39 is 16.6 Å². The summed E-state index contributed by atoms with van der Waals surface area (Å²) in [6.07, 6.45) is 0.722. The number of para-hydroxylation sites is 1. The Kier molecular flexibility index (Phi) is 4.76. The molecule has 2 unspecified atom stereocenters. The highest BCUT2D eigenvalue weighted by molar-refractivity contribution is 7.84. The molecule has 0 bridgehead atoms. The molecule has 0 radical (unpaired) electrons. The summed E-state index contributed by atoms with van der Waals surface area (Å²) in [5.74, 6) is 0.840. The van der Waals surface area contributed by atoms with E-state index in [1.54, 1.807) is 7.11 Å². The van der Waals surface area contributed by atoms with E-state index in [0.29, 0.717) is 6.61 Å². The van der Waals surface area contributed by atoms with Crippen LogP contribution in [0.4, 0.5) is 0 Å². The van der Waals surface area contributed by atoms with Crippen LogP contribution in [0.25, 0.3) is 0 Å². The maximum absolute atomic E-state index is 12.4. The molecule has 1 aromatic rings. The van der Waals surface area contributed by atoms with Crippen LogP contribution in [0.3, 0.4) is 0 Å². The fourth-order valence-corrected chi connectivity index (χ4v) is 3.34. The average Bonchev–Trinajstić information content (AvgIpc) is 2.37. The summed E-state index contributed by atoms with van der Waals surface area (Å²) in [7, 11) is 0.546. The molecule has 0 saturated carbocycles. The minimum Gasteiger partial charge on any atom is -0.485 e. The molecule has 118 valence electrons. The molecule has 0 aromatic heterocycles. The van der Waals surface area contributed by atoms with Crippen LogP contribution in [0.5, 0.6) is 5.75 Å². The zero-order valence-electron chi connectivity index (χ0n) is 13.4. The SMILES string of the molecule is COCC1(C)C[C@@H](NS(=O)C(C)(C)C)c2ccccc2O1. The topological polar surface area (TPSA) is 47.6 Å². The van der Waals surface area contributed by atoms with Crippen LogP contribution < -0.4 is 9.46 Å². The first-order valence-corrected chi connectivity index (χ1v) is 8.35. The molecular formula is C16H25NO3S. The third-order valence-corrected chi connectivity index (χ3v) is 5.15. The average molecular weight is 311 g/mol. The van der Waals surface area contributed by atoms with Crippen molar-refractivity contribution in [2.45, 2.75) is 50.5 Å². The van der Waals surface area contributed by atoms with Gasteiger partial charge in [-0.05, 0) is 33.8 Å². The van der Waals surface area contributed by atoms with Gasteiger partial charge < -0.3 is 9.47 Å². The highest BCUT2D eigenvalue weighted by atomic mass is 32.2. The van der Waals surface area contributed by atoms with E-state index >= 15 is 0 Å². The highest BCUT2D eigenvalue weighted by Gasteiger charge is 2.38. The van der Waals surface area contributed by atoms with E-state index in [1.807, 2.05) is 52.0 Å². The van der Waals surface area contributed by atoms with Gasteiger partial charge in [-0.15, -0.1) is 0 Å². The first-order chi connectivity index (χ1) is 9.75. The minimum atomic E-state index is -1.13. The largest absolute Gasteiger partial charge is 0.485 e. The van der Waals surface area contributed by atoms with Crippen molar-refractivity contribution in [3.63, 3.8) is 0 Å². The number of benzene rings is 1. The molecule has 1 N–H and O–H groups in total. The van der Waals surface area contributed by atoms with Crippen LogP contribution in [-0.4, -0.2) is 28.3 Å².